The number of nitrogens with one attached hydrogen (secondary N) is 2. The fourth-order valence-electron chi connectivity index (χ4n) is 9.91. The van der Waals surface area contributed by atoms with Gasteiger partial charge >= 0.3 is 0 Å². The SMILES string of the molecule is O=C(CCCC(=O)NC(CO[C@H]1O[C@H](CO)[C@@H](O)[C@H](O)[C@@H]1O)CO[C@@H]1O[C@H](CO)[C@@H](O[C@@H]2O[C@H](CO)[C@H](O)[C@H](O)[C@H]2O)[C@H](O)[C@H]1O)NC(CO[C@H]1O[C@H](CO)[C@@H](O)[C@H](O)[C@@H]1O)CO[C@@H]1O[C@H](CO)[C@@H](O[C@@H]2O[C@H](CO)[C@H](O)[C@H](O)[C@H]2O)[C@H](O)[C@H]1O. The molecule has 0 aliphatic carbocycles. The monoisotopic (exact) mass is 1250 g/mol. The molecule has 0 saturated carbocycles. The normalized spacial score (nSPS) is 45.2. The Balaban J connectivity index is 1.09. The van der Waals surface area contributed by atoms with Gasteiger partial charge in [-0.1, -0.05) is 0 Å². The molecule has 24 N–H and O–H groups in total. The van der Waals surface area contributed by atoms with E-state index >= 15 is 0 Å². The lowest BCUT2D eigenvalue weighted by Crippen LogP contribution is -2.65. The number of carbonyl (C=O) groups is 2. The molecule has 6 fully saturated rings. The van der Waals surface area contributed by atoms with Crippen molar-refractivity contribution in [2.24, 2.45) is 0 Å². The van der Waals surface area contributed by atoms with Crippen LogP contribution in [0.5, 0.6) is 0 Å². The summed E-state index contributed by atoms with van der Waals surface area (Å²) in [6, 6.07) is -2.71. The zero-order valence-corrected chi connectivity index (χ0v) is 45.2. The predicted octanol–water partition coefficient (Wildman–Crippen LogP) is -16.0. The second kappa shape index (κ2) is 33.1. The van der Waals surface area contributed by atoms with E-state index in [2.05, 4.69) is 10.6 Å². The molecule has 0 spiro atoms. The van der Waals surface area contributed by atoms with Crippen LogP contribution < -0.4 is 10.6 Å². The lowest BCUT2D eigenvalue weighted by Gasteiger charge is -2.46. The first-order valence-corrected chi connectivity index (χ1v) is 27.2. The van der Waals surface area contributed by atoms with Crippen molar-refractivity contribution >= 4 is 11.8 Å². The summed E-state index contributed by atoms with van der Waals surface area (Å²) >= 11 is 0. The Morgan fingerprint density at radius 2 is 0.529 bits per heavy atom. The van der Waals surface area contributed by atoms with Crippen LogP contribution in [0, 0.1) is 0 Å². The van der Waals surface area contributed by atoms with Crippen molar-refractivity contribution in [1.29, 1.82) is 0 Å². The van der Waals surface area contributed by atoms with Crippen molar-refractivity contribution in [2.45, 2.75) is 216 Å². The number of amides is 2. The van der Waals surface area contributed by atoms with Crippen LogP contribution in [0.2, 0.25) is 0 Å². The number of ether oxygens (including phenoxy) is 12. The van der Waals surface area contributed by atoms with Gasteiger partial charge < -0.3 is 180 Å². The van der Waals surface area contributed by atoms with Crippen molar-refractivity contribution < 1.29 is 179 Å². The average molecular weight is 1250 g/mol. The van der Waals surface area contributed by atoms with Gasteiger partial charge in [0, 0.05) is 12.8 Å². The lowest BCUT2D eigenvalue weighted by atomic mass is 9.97. The molecule has 0 aromatic rings. The molecule has 496 valence electrons. The van der Waals surface area contributed by atoms with Crippen molar-refractivity contribution in [3.63, 3.8) is 0 Å². The van der Waals surface area contributed by atoms with E-state index in [4.69, 9.17) is 56.8 Å². The molecule has 0 bridgehead atoms. The zero-order chi connectivity index (χ0) is 62.7. The van der Waals surface area contributed by atoms with Gasteiger partial charge in [-0.15, -0.1) is 0 Å². The summed E-state index contributed by atoms with van der Waals surface area (Å²) < 4.78 is 66.4. The minimum absolute atomic E-state index is 0.255. The van der Waals surface area contributed by atoms with E-state index in [1.54, 1.807) is 0 Å². The molecule has 38 nitrogen and oxygen atoms in total. The summed E-state index contributed by atoms with van der Waals surface area (Å²) in [4.78, 5) is 27.0. The predicted molar refractivity (Wildman–Crippen MR) is 262 cm³/mol. The van der Waals surface area contributed by atoms with Crippen molar-refractivity contribution in [1.82, 2.24) is 10.6 Å². The van der Waals surface area contributed by atoms with Crippen molar-refractivity contribution in [3.8, 4) is 0 Å². The van der Waals surface area contributed by atoms with Gasteiger partial charge in [0.2, 0.25) is 11.8 Å². The first kappa shape index (κ1) is 71.7. The third kappa shape index (κ3) is 17.5. The summed E-state index contributed by atoms with van der Waals surface area (Å²) in [5, 5.41) is 232. The summed E-state index contributed by atoms with van der Waals surface area (Å²) in [6.07, 6.45) is -54.9. The highest BCUT2D eigenvalue weighted by Gasteiger charge is 2.54. The lowest BCUT2D eigenvalue weighted by molar-refractivity contribution is -0.360. The highest BCUT2D eigenvalue weighted by Crippen LogP contribution is 2.33. The largest absolute Gasteiger partial charge is 0.394 e. The van der Waals surface area contributed by atoms with Crippen LogP contribution >= 0.6 is 0 Å². The summed E-state index contributed by atoms with van der Waals surface area (Å²) in [5.41, 5.74) is 0. The topological polar surface area (TPSA) is 614 Å². The molecule has 6 aliphatic rings. The van der Waals surface area contributed by atoms with Crippen LogP contribution in [0.4, 0.5) is 0 Å². The fraction of sp³-hybridized carbons (Fsp3) is 0.957. The third-order valence-electron chi connectivity index (χ3n) is 15.0. The van der Waals surface area contributed by atoms with E-state index in [1.165, 1.54) is 0 Å². The summed E-state index contributed by atoms with van der Waals surface area (Å²) in [6.45, 7) is -8.00. The first-order chi connectivity index (χ1) is 40.3. The van der Waals surface area contributed by atoms with Crippen molar-refractivity contribution in [3.05, 3.63) is 0 Å². The number of hydrogen-bond acceptors (Lipinski definition) is 36. The number of rotatable bonds is 28. The highest BCUT2D eigenvalue weighted by molar-refractivity contribution is 5.79. The van der Waals surface area contributed by atoms with Gasteiger partial charge in [-0.3, -0.25) is 9.59 Å². The molecule has 6 aliphatic heterocycles. The Hall–Kier alpha value is -2.42. The van der Waals surface area contributed by atoms with Gasteiger partial charge in [0.15, 0.2) is 37.7 Å². The molecule has 85 heavy (non-hydrogen) atoms. The third-order valence-corrected chi connectivity index (χ3v) is 15.0. The molecule has 38 heteroatoms. The summed E-state index contributed by atoms with van der Waals surface area (Å²) in [5.74, 6) is -1.66. The second-order valence-corrected chi connectivity index (χ2v) is 21.1. The van der Waals surface area contributed by atoms with Crippen LogP contribution in [0.25, 0.3) is 0 Å². The second-order valence-electron chi connectivity index (χ2n) is 21.1. The maximum Gasteiger partial charge on any atom is 0.220 e. The average Bonchev–Trinajstić information content (AvgIpc) is 3.59. The van der Waals surface area contributed by atoms with Gasteiger partial charge in [-0.05, 0) is 6.42 Å². The van der Waals surface area contributed by atoms with E-state index in [1.807, 2.05) is 0 Å². The van der Waals surface area contributed by atoms with Crippen molar-refractivity contribution in [2.75, 3.05) is 66.1 Å². The maximum atomic E-state index is 13.5. The maximum absolute atomic E-state index is 13.5. The Bertz CT molecular complexity index is 1850. The Morgan fingerprint density at radius 1 is 0.306 bits per heavy atom. The molecular formula is C47H82N2O36. The molecule has 0 aromatic carbocycles. The summed E-state index contributed by atoms with van der Waals surface area (Å²) in [7, 11) is 0. The van der Waals surface area contributed by atoms with Crippen LogP contribution in [-0.4, -0.2) is 387 Å². The standard InChI is InChI=1S/C47H82N2O36/c50-4-16-24(58)28(62)34(68)42(78-16)74-10-14(12-76-44-38(72)32(66)40(20(8-54)82-44)84-46-36(70)30(64)26(60)18(6-52)80-46)48-22(56)2-1-3-23(57)49-15(11-75-43-35(69)29(63)25(59)17(5-51)79-43)13-77-45-39(73)33(67)41(21(9-55)83-45)85-47-37(71)31(65)27(61)19(7-53)81-47/h14-21,24-47,50-55,58-73H,1-13H2,(H,48,56)(H,49,57)/t14?,15?,16-,17-,18-,19-,20-,21-,24-,25-,26+,27+,28+,29+,30+,31+,32-,33-,34+,35+,36-,37-,38-,39-,40-,41-,42+,43+,44-,45-,46+,47+/m1/s1. The number of hydrogen-bond donors (Lipinski definition) is 24. The Morgan fingerprint density at radius 3 is 0.788 bits per heavy atom. The van der Waals surface area contributed by atoms with Crippen LogP contribution in [0.1, 0.15) is 19.3 Å². The zero-order valence-electron chi connectivity index (χ0n) is 45.2. The Labute approximate surface area is 482 Å². The minimum Gasteiger partial charge on any atom is -0.394 e. The van der Waals surface area contributed by atoms with E-state index in [0.717, 1.165) is 0 Å². The molecule has 6 rings (SSSR count). The highest BCUT2D eigenvalue weighted by atomic mass is 16.8. The van der Waals surface area contributed by atoms with E-state index in [9.17, 15) is 122 Å². The minimum atomic E-state index is -2.04. The Kier molecular flexibility index (Phi) is 27.9. The van der Waals surface area contributed by atoms with Crippen LogP contribution in [-0.2, 0) is 66.4 Å². The fourth-order valence-corrected chi connectivity index (χ4v) is 9.91. The van der Waals surface area contributed by atoms with Gasteiger partial charge in [0.1, 0.15) is 146 Å². The van der Waals surface area contributed by atoms with E-state index < -0.39 is 287 Å². The molecule has 0 aromatic heterocycles. The van der Waals surface area contributed by atoms with Gasteiger partial charge in [-0.25, -0.2) is 0 Å². The molecule has 2 unspecified atom stereocenters. The molecule has 2 amide bonds. The van der Waals surface area contributed by atoms with Gasteiger partial charge in [0.05, 0.1) is 78.2 Å². The molecule has 32 atom stereocenters. The molecule has 0 radical (unpaired) electrons. The van der Waals surface area contributed by atoms with Crippen LogP contribution in [0.3, 0.4) is 0 Å². The molecule has 6 heterocycles. The number of carbonyl (C=O) groups excluding carboxylic acids is 2. The van der Waals surface area contributed by atoms with Gasteiger partial charge in [-0.2, -0.15) is 0 Å². The number of aliphatic hydroxyl groups excluding tert-OH is 22. The van der Waals surface area contributed by atoms with E-state index in [-0.39, 0.29) is 6.42 Å². The van der Waals surface area contributed by atoms with Crippen LogP contribution in [0.15, 0.2) is 0 Å². The molecular weight excluding hydrogens is 1170 g/mol. The number of aliphatic hydroxyl groups is 22. The first-order valence-electron chi connectivity index (χ1n) is 27.2. The quantitative estimate of drug-likeness (QED) is 0.0346. The van der Waals surface area contributed by atoms with Gasteiger partial charge in [0.25, 0.3) is 0 Å². The molecule has 6 saturated heterocycles. The smallest absolute Gasteiger partial charge is 0.220 e. The van der Waals surface area contributed by atoms with E-state index in [0.29, 0.717) is 0 Å².